The molecule has 0 atom stereocenters. The number of nitrogens with one attached hydrogen (secondary N) is 1. The number of rotatable bonds is 4. The molecule has 0 saturated heterocycles. The molecule has 0 heterocycles. The number of aryl methyl sites for hydroxylation is 1. The Morgan fingerprint density at radius 3 is 2.71 bits per heavy atom. The van der Waals surface area contributed by atoms with Crippen molar-refractivity contribution in [2.24, 2.45) is 5.73 Å². The first-order valence-corrected chi connectivity index (χ1v) is 5.50. The minimum atomic E-state index is -0.868. The Morgan fingerprint density at radius 1 is 1.47 bits per heavy atom. The average molecular weight is 257 g/mol. The molecule has 0 radical (unpaired) electrons. The fraction of sp³-hybridized carbons (Fsp3) is 0.273. The van der Waals surface area contributed by atoms with Gasteiger partial charge < -0.3 is 15.8 Å². The maximum atomic E-state index is 11.3. The van der Waals surface area contributed by atoms with Crippen molar-refractivity contribution >= 4 is 29.3 Å². The van der Waals surface area contributed by atoms with Crippen LogP contribution in [-0.4, -0.2) is 17.9 Å². The Morgan fingerprint density at radius 2 is 2.18 bits per heavy atom. The van der Waals surface area contributed by atoms with Crippen LogP contribution in [0.5, 0.6) is 5.75 Å². The highest BCUT2D eigenvalue weighted by atomic mass is 35.5. The summed E-state index contributed by atoms with van der Waals surface area (Å²) in [6, 6.07) is 4.87. The number of carbonyl (C=O) groups is 2. The number of hydrogen-bond donors (Lipinski definition) is 2. The van der Waals surface area contributed by atoms with Crippen LogP contribution in [0.2, 0.25) is 0 Å². The van der Waals surface area contributed by atoms with Crippen LogP contribution >= 0.6 is 11.6 Å². The van der Waals surface area contributed by atoms with Crippen LogP contribution in [0.25, 0.3) is 0 Å². The van der Waals surface area contributed by atoms with Crippen LogP contribution in [-0.2, 0) is 4.79 Å². The number of benzene rings is 1. The van der Waals surface area contributed by atoms with Gasteiger partial charge in [-0.25, -0.2) is 4.79 Å². The monoisotopic (exact) mass is 256 g/mol. The molecule has 17 heavy (non-hydrogen) atoms. The van der Waals surface area contributed by atoms with E-state index >= 15 is 0 Å². The van der Waals surface area contributed by atoms with Gasteiger partial charge in [-0.05, 0) is 30.7 Å². The number of hydrogen-bond acceptors (Lipinski definition) is 3. The van der Waals surface area contributed by atoms with Gasteiger partial charge in [0, 0.05) is 18.0 Å². The molecule has 0 aliphatic carbocycles. The summed E-state index contributed by atoms with van der Waals surface area (Å²) in [6.07, 6.45) is -0.618. The van der Waals surface area contributed by atoms with Gasteiger partial charge in [0.05, 0.1) is 0 Å². The Bertz CT molecular complexity index is 435. The first kappa shape index (κ1) is 13.3. The van der Waals surface area contributed by atoms with Gasteiger partial charge in [0.25, 0.3) is 0 Å². The predicted molar refractivity (Wildman–Crippen MR) is 65.4 cm³/mol. The molecular weight excluding hydrogens is 244 g/mol. The Balaban J connectivity index is 2.74. The van der Waals surface area contributed by atoms with E-state index < -0.39 is 6.09 Å². The highest BCUT2D eigenvalue weighted by molar-refractivity contribution is 6.19. The first-order chi connectivity index (χ1) is 8.02. The van der Waals surface area contributed by atoms with Gasteiger partial charge in [-0.1, -0.05) is 0 Å². The molecule has 0 aliphatic heterocycles. The highest BCUT2D eigenvalue weighted by Crippen LogP contribution is 2.22. The number of primary amides is 1. The van der Waals surface area contributed by atoms with Gasteiger partial charge in [-0.2, -0.15) is 0 Å². The van der Waals surface area contributed by atoms with E-state index in [9.17, 15) is 9.59 Å². The third-order valence-corrected chi connectivity index (χ3v) is 2.18. The zero-order chi connectivity index (χ0) is 12.8. The number of carbonyl (C=O) groups excluding carboxylic acids is 2. The second-order valence-electron chi connectivity index (χ2n) is 3.39. The lowest BCUT2D eigenvalue weighted by molar-refractivity contribution is -0.115. The van der Waals surface area contributed by atoms with Gasteiger partial charge in [0.1, 0.15) is 5.75 Å². The molecule has 6 heteroatoms. The second-order valence-corrected chi connectivity index (χ2v) is 3.77. The zero-order valence-corrected chi connectivity index (χ0v) is 10.1. The second kappa shape index (κ2) is 6.10. The summed E-state index contributed by atoms with van der Waals surface area (Å²) < 4.78 is 4.76. The van der Waals surface area contributed by atoms with Crippen molar-refractivity contribution < 1.29 is 14.3 Å². The molecule has 3 N–H and O–H groups in total. The lowest BCUT2D eigenvalue weighted by atomic mass is 10.2. The van der Waals surface area contributed by atoms with E-state index in [-0.39, 0.29) is 18.2 Å². The summed E-state index contributed by atoms with van der Waals surface area (Å²) >= 11 is 5.44. The molecule has 92 valence electrons. The Labute approximate surface area is 104 Å². The van der Waals surface area contributed by atoms with Crippen molar-refractivity contribution in [2.45, 2.75) is 13.3 Å². The molecule has 0 aliphatic rings. The van der Waals surface area contributed by atoms with Crippen molar-refractivity contribution in [1.29, 1.82) is 0 Å². The summed E-state index contributed by atoms with van der Waals surface area (Å²) in [5.41, 5.74) is 6.23. The summed E-state index contributed by atoms with van der Waals surface area (Å²) in [4.78, 5) is 21.9. The SMILES string of the molecule is Cc1cc(NC(=O)CCCl)ccc1OC(N)=O. The van der Waals surface area contributed by atoms with Gasteiger partial charge in [0.15, 0.2) is 0 Å². The van der Waals surface area contributed by atoms with Gasteiger partial charge in [-0.3, -0.25) is 4.79 Å². The van der Waals surface area contributed by atoms with Crippen molar-refractivity contribution in [3.05, 3.63) is 23.8 Å². The Kier molecular flexibility index (Phi) is 4.78. The molecule has 0 fully saturated rings. The quantitative estimate of drug-likeness (QED) is 0.809. The molecule has 5 nitrogen and oxygen atoms in total. The largest absolute Gasteiger partial charge is 0.410 e. The smallest absolute Gasteiger partial charge is 0.409 e. The minimum Gasteiger partial charge on any atom is -0.410 e. The number of alkyl halides is 1. The summed E-state index contributed by atoms with van der Waals surface area (Å²) in [7, 11) is 0. The lowest BCUT2D eigenvalue weighted by Gasteiger charge is -2.08. The van der Waals surface area contributed by atoms with Crippen LogP contribution in [0.15, 0.2) is 18.2 Å². The van der Waals surface area contributed by atoms with Crippen molar-refractivity contribution in [1.82, 2.24) is 0 Å². The molecule has 0 saturated carbocycles. The molecule has 0 spiro atoms. The van der Waals surface area contributed by atoms with E-state index in [2.05, 4.69) is 5.32 Å². The third kappa shape index (κ3) is 4.32. The maximum Gasteiger partial charge on any atom is 0.409 e. The van der Waals surface area contributed by atoms with Crippen molar-refractivity contribution in [3.8, 4) is 5.75 Å². The van der Waals surface area contributed by atoms with E-state index in [0.717, 1.165) is 0 Å². The number of amides is 2. The minimum absolute atomic E-state index is 0.164. The zero-order valence-electron chi connectivity index (χ0n) is 9.33. The standard InChI is InChI=1S/C11H13ClN2O3/c1-7-6-8(14-10(15)4-5-12)2-3-9(7)17-11(13)16/h2-3,6H,4-5H2,1H3,(H2,13,16)(H,14,15). The fourth-order valence-corrected chi connectivity index (χ4v) is 1.43. The molecule has 0 aromatic heterocycles. The van der Waals surface area contributed by atoms with Crippen LogP contribution in [0.4, 0.5) is 10.5 Å². The van der Waals surface area contributed by atoms with Gasteiger partial charge in [-0.15, -0.1) is 11.6 Å². The third-order valence-electron chi connectivity index (χ3n) is 1.99. The van der Waals surface area contributed by atoms with E-state index in [1.807, 2.05) is 0 Å². The number of nitrogens with two attached hydrogens (primary N) is 1. The van der Waals surface area contributed by atoms with Crippen LogP contribution in [0.3, 0.4) is 0 Å². The number of ether oxygens (including phenoxy) is 1. The van der Waals surface area contributed by atoms with E-state index in [4.69, 9.17) is 22.1 Å². The van der Waals surface area contributed by atoms with Gasteiger partial charge >= 0.3 is 6.09 Å². The molecule has 1 aromatic carbocycles. The fourth-order valence-electron chi connectivity index (χ4n) is 1.26. The highest BCUT2D eigenvalue weighted by Gasteiger charge is 2.06. The van der Waals surface area contributed by atoms with Crippen LogP contribution in [0, 0.1) is 6.92 Å². The molecule has 2 amide bonds. The molecule has 0 unspecified atom stereocenters. The molecule has 1 aromatic rings. The summed E-state index contributed by atoms with van der Waals surface area (Å²) in [5.74, 6) is 0.476. The molecule has 0 bridgehead atoms. The summed E-state index contributed by atoms with van der Waals surface area (Å²) in [6.45, 7) is 1.75. The topological polar surface area (TPSA) is 81.4 Å². The lowest BCUT2D eigenvalue weighted by Crippen LogP contribution is -2.17. The molecular formula is C11H13ClN2O3. The van der Waals surface area contributed by atoms with E-state index in [1.54, 1.807) is 25.1 Å². The van der Waals surface area contributed by atoms with Crippen molar-refractivity contribution in [2.75, 3.05) is 11.2 Å². The summed E-state index contributed by atoms with van der Waals surface area (Å²) in [5, 5.41) is 2.67. The van der Waals surface area contributed by atoms with Crippen molar-refractivity contribution in [3.63, 3.8) is 0 Å². The number of anilines is 1. The number of halogens is 1. The average Bonchev–Trinajstić information content (AvgIpc) is 2.22. The predicted octanol–water partition coefficient (Wildman–Crippen LogP) is 2.02. The van der Waals surface area contributed by atoms with Crippen LogP contribution < -0.4 is 15.8 Å². The van der Waals surface area contributed by atoms with E-state index in [1.165, 1.54) is 0 Å². The van der Waals surface area contributed by atoms with E-state index in [0.29, 0.717) is 17.0 Å². The first-order valence-electron chi connectivity index (χ1n) is 4.96. The van der Waals surface area contributed by atoms with Gasteiger partial charge in [0.2, 0.25) is 5.91 Å². The van der Waals surface area contributed by atoms with Crippen LogP contribution in [0.1, 0.15) is 12.0 Å². The Hall–Kier alpha value is -1.75. The molecule has 1 rings (SSSR count). The maximum absolute atomic E-state index is 11.3. The normalized spacial score (nSPS) is 9.76.